The monoisotopic (exact) mass is 386 g/mol. The summed E-state index contributed by atoms with van der Waals surface area (Å²) < 4.78 is 0. The maximum Gasteiger partial charge on any atom is 0.0577 e. The van der Waals surface area contributed by atoms with E-state index in [1.807, 2.05) is 0 Å². The quantitative estimate of drug-likeness (QED) is 0.488. The largest absolute Gasteiger partial charge is 0.393 e. The van der Waals surface area contributed by atoms with Gasteiger partial charge in [-0.25, -0.2) is 0 Å². The van der Waals surface area contributed by atoms with Crippen LogP contribution in [0.4, 0.5) is 0 Å². The number of hydrogen-bond acceptors (Lipinski definition) is 1. The Hall–Kier alpha value is -0.300. The van der Waals surface area contributed by atoms with Crippen LogP contribution in [0.25, 0.3) is 0 Å². The van der Waals surface area contributed by atoms with Crippen molar-refractivity contribution in [1.82, 2.24) is 0 Å². The summed E-state index contributed by atoms with van der Waals surface area (Å²) >= 11 is 0. The second-order valence-electron chi connectivity index (χ2n) is 12.2. The van der Waals surface area contributed by atoms with Crippen LogP contribution in [0, 0.1) is 46.3 Å². The van der Waals surface area contributed by atoms with Gasteiger partial charge >= 0.3 is 0 Å². The van der Waals surface area contributed by atoms with Crippen LogP contribution in [-0.2, 0) is 0 Å². The van der Waals surface area contributed by atoms with Crippen LogP contribution in [0.5, 0.6) is 0 Å². The van der Waals surface area contributed by atoms with Gasteiger partial charge in [0.05, 0.1) is 6.10 Å². The molecule has 0 unspecified atom stereocenters. The minimum absolute atomic E-state index is 0.0766. The van der Waals surface area contributed by atoms with E-state index in [0.717, 1.165) is 48.3 Å². The molecule has 4 rings (SSSR count). The second kappa shape index (κ2) is 7.75. The van der Waals surface area contributed by atoms with Gasteiger partial charge in [0, 0.05) is 0 Å². The lowest BCUT2D eigenvalue weighted by Gasteiger charge is -2.58. The van der Waals surface area contributed by atoms with Crippen molar-refractivity contribution in [2.24, 2.45) is 46.3 Å². The Bertz CT molecular complexity index is 591. The number of aliphatic hydroxyl groups is 1. The molecule has 160 valence electrons. The zero-order valence-corrected chi connectivity index (χ0v) is 19.3. The molecule has 3 fully saturated rings. The van der Waals surface area contributed by atoms with Crippen LogP contribution in [0.2, 0.25) is 0 Å². The Morgan fingerprint density at radius 3 is 2.54 bits per heavy atom. The molecule has 4 aliphatic rings. The second-order valence-corrected chi connectivity index (χ2v) is 12.2. The average molecular weight is 387 g/mol. The lowest BCUT2D eigenvalue weighted by molar-refractivity contribution is -0.0573. The fourth-order valence-corrected chi connectivity index (χ4v) is 8.67. The molecule has 3 saturated carbocycles. The van der Waals surface area contributed by atoms with E-state index in [9.17, 15) is 5.11 Å². The average Bonchev–Trinajstić information content (AvgIpc) is 2.99. The zero-order valence-electron chi connectivity index (χ0n) is 19.3. The van der Waals surface area contributed by atoms with Crippen molar-refractivity contribution >= 4 is 0 Å². The summed E-state index contributed by atoms with van der Waals surface area (Å²) in [6.07, 6.45) is 17.2. The molecule has 1 heteroatoms. The SMILES string of the molecule is CC(C)CCC[C@@H](C)[C@H]1CC[C@@H]2[C@H]3CC=C4C[C@@H](O)CC[C@]4(C)[C@@H]3CC[C@@]21C. The van der Waals surface area contributed by atoms with Crippen molar-refractivity contribution in [1.29, 1.82) is 0 Å². The highest BCUT2D eigenvalue weighted by atomic mass is 16.3. The number of fused-ring (bicyclic) bond motifs is 5. The van der Waals surface area contributed by atoms with E-state index < -0.39 is 0 Å². The van der Waals surface area contributed by atoms with Crippen LogP contribution in [0.3, 0.4) is 0 Å². The first kappa shape index (κ1) is 21.0. The molecule has 0 spiro atoms. The third kappa shape index (κ3) is 3.42. The number of aliphatic hydroxyl groups excluding tert-OH is 1. The molecule has 0 amide bonds. The molecule has 0 aliphatic heterocycles. The molecule has 8 atom stereocenters. The van der Waals surface area contributed by atoms with Crippen molar-refractivity contribution in [3.63, 3.8) is 0 Å². The smallest absolute Gasteiger partial charge is 0.0577 e. The van der Waals surface area contributed by atoms with Crippen LogP contribution in [0.1, 0.15) is 105 Å². The first-order valence-corrected chi connectivity index (χ1v) is 12.6. The molecular weight excluding hydrogens is 340 g/mol. The molecular formula is C27H46O. The van der Waals surface area contributed by atoms with Crippen LogP contribution >= 0.6 is 0 Å². The summed E-state index contributed by atoms with van der Waals surface area (Å²) in [5.74, 6) is 5.46. The van der Waals surface area contributed by atoms with Crippen molar-refractivity contribution in [2.75, 3.05) is 0 Å². The standard InChI is InChI=1S/C27H46O/c1-18(2)7-6-8-19(3)23-11-12-24-22-10-9-20-17-21(28)13-15-26(20,4)25(22)14-16-27(23,24)5/h9,18-19,21-25,28H,6-8,10-17H2,1-5H3/t19-,21+,22-,23-,24-,25-,26+,27-/m1/s1. The lowest BCUT2D eigenvalue weighted by Crippen LogP contribution is -2.50. The fourth-order valence-electron chi connectivity index (χ4n) is 8.67. The molecule has 0 heterocycles. The molecule has 0 aromatic carbocycles. The van der Waals surface area contributed by atoms with E-state index in [1.165, 1.54) is 57.8 Å². The first-order valence-electron chi connectivity index (χ1n) is 12.6. The third-order valence-corrected chi connectivity index (χ3v) is 10.3. The van der Waals surface area contributed by atoms with Gasteiger partial charge in [-0.3, -0.25) is 0 Å². The highest BCUT2D eigenvalue weighted by Crippen LogP contribution is 2.67. The van der Waals surface area contributed by atoms with Gasteiger partial charge in [-0.05, 0) is 97.7 Å². The summed E-state index contributed by atoms with van der Waals surface area (Å²) in [6, 6.07) is 0. The highest BCUT2D eigenvalue weighted by molar-refractivity contribution is 5.25. The minimum Gasteiger partial charge on any atom is -0.393 e. The van der Waals surface area contributed by atoms with Crippen LogP contribution in [0.15, 0.2) is 11.6 Å². The fraction of sp³-hybridized carbons (Fsp3) is 0.926. The molecule has 1 N–H and O–H groups in total. The topological polar surface area (TPSA) is 20.2 Å². The Balaban J connectivity index is 1.49. The molecule has 0 aromatic rings. The van der Waals surface area contributed by atoms with E-state index in [4.69, 9.17) is 0 Å². The molecule has 0 radical (unpaired) electrons. The van der Waals surface area contributed by atoms with Gasteiger partial charge in [0.15, 0.2) is 0 Å². The Kier molecular flexibility index (Phi) is 5.80. The van der Waals surface area contributed by atoms with E-state index in [0.29, 0.717) is 10.8 Å². The third-order valence-electron chi connectivity index (χ3n) is 10.3. The van der Waals surface area contributed by atoms with Crippen molar-refractivity contribution in [3.8, 4) is 0 Å². The van der Waals surface area contributed by atoms with Gasteiger partial charge in [-0.15, -0.1) is 0 Å². The number of allylic oxidation sites excluding steroid dienone is 1. The maximum atomic E-state index is 10.2. The predicted octanol–water partition coefficient (Wildman–Crippen LogP) is 7.39. The summed E-state index contributed by atoms with van der Waals surface area (Å²) in [4.78, 5) is 0. The van der Waals surface area contributed by atoms with Gasteiger partial charge in [0.2, 0.25) is 0 Å². The van der Waals surface area contributed by atoms with E-state index in [2.05, 4.69) is 40.7 Å². The summed E-state index contributed by atoms with van der Waals surface area (Å²) in [5, 5.41) is 10.2. The summed E-state index contributed by atoms with van der Waals surface area (Å²) in [7, 11) is 0. The normalized spacial score (nSPS) is 46.5. The van der Waals surface area contributed by atoms with Crippen molar-refractivity contribution in [2.45, 2.75) is 111 Å². The van der Waals surface area contributed by atoms with Gasteiger partial charge in [-0.2, -0.15) is 0 Å². The molecule has 0 aromatic heterocycles. The van der Waals surface area contributed by atoms with Gasteiger partial charge in [0.25, 0.3) is 0 Å². The van der Waals surface area contributed by atoms with Crippen LogP contribution in [-0.4, -0.2) is 11.2 Å². The predicted molar refractivity (Wildman–Crippen MR) is 119 cm³/mol. The number of hydrogen-bond donors (Lipinski definition) is 1. The first-order chi connectivity index (χ1) is 13.3. The number of rotatable bonds is 5. The molecule has 1 nitrogen and oxygen atoms in total. The molecule has 4 aliphatic carbocycles. The molecule has 28 heavy (non-hydrogen) atoms. The van der Waals surface area contributed by atoms with Crippen molar-refractivity contribution < 1.29 is 5.11 Å². The van der Waals surface area contributed by atoms with E-state index >= 15 is 0 Å². The molecule has 0 saturated heterocycles. The van der Waals surface area contributed by atoms with E-state index in [-0.39, 0.29) is 6.10 Å². The van der Waals surface area contributed by atoms with Crippen LogP contribution < -0.4 is 0 Å². The Morgan fingerprint density at radius 2 is 1.79 bits per heavy atom. The lowest BCUT2D eigenvalue weighted by atomic mass is 9.47. The van der Waals surface area contributed by atoms with Crippen molar-refractivity contribution in [3.05, 3.63) is 11.6 Å². The van der Waals surface area contributed by atoms with E-state index in [1.54, 1.807) is 5.57 Å². The summed E-state index contributed by atoms with van der Waals surface area (Å²) in [5.41, 5.74) is 2.60. The minimum atomic E-state index is -0.0766. The van der Waals surface area contributed by atoms with Gasteiger partial charge in [0.1, 0.15) is 0 Å². The zero-order chi connectivity index (χ0) is 20.1. The Morgan fingerprint density at radius 1 is 1.00 bits per heavy atom. The highest BCUT2D eigenvalue weighted by Gasteiger charge is 2.59. The Labute approximate surface area is 174 Å². The van der Waals surface area contributed by atoms with Gasteiger partial charge < -0.3 is 5.11 Å². The van der Waals surface area contributed by atoms with Gasteiger partial charge in [-0.1, -0.05) is 65.5 Å². The maximum absolute atomic E-state index is 10.2. The summed E-state index contributed by atoms with van der Waals surface area (Å²) in [6.45, 7) is 12.6. The molecule has 0 bridgehead atoms.